The molecule has 2 atom stereocenters. The highest BCUT2D eigenvalue weighted by Crippen LogP contribution is 2.33. The Morgan fingerprint density at radius 2 is 1.88 bits per heavy atom. The number of likely N-dealkylation sites (tertiary alicyclic amines) is 1. The molecule has 12 heteroatoms. The topological polar surface area (TPSA) is 113 Å². The summed E-state index contributed by atoms with van der Waals surface area (Å²) in [6, 6.07) is 4.47. The van der Waals surface area contributed by atoms with Crippen molar-refractivity contribution in [1.82, 2.24) is 30.0 Å². The Kier molecular flexibility index (Phi) is 6.13. The van der Waals surface area contributed by atoms with Crippen molar-refractivity contribution in [3.63, 3.8) is 0 Å². The Morgan fingerprint density at radius 1 is 1.16 bits per heavy atom. The standard InChI is InChI=1S/C18H22N6O.C2HF3O2/c25-18(20-15-3-4-15)17-22-21-16-6-13-9-23(10-14(13)11-24(16)17)8-12-2-1-5-19-7-12;3-2(4,5)1(6)7/h1-2,5,7,13-15H,3-4,6,8-11H2,(H,20,25);(H,6,7). The van der Waals surface area contributed by atoms with E-state index in [4.69, 9.17) is 9.90 Å². The highest BCUT2D eigenvalue weighted by Gasteiger charge is 2.40. The van der Waals surface area contributed by atoms with Crippen molar-refractivity contribution < 1.29 is 27.9 Å². The number of carbonyl (C=O) groups excluding carboxylic acids is 1. The van der Waals surface area contributed by atoms with Crippen molar-refractivity contribution in [3.05, 3.63) is 41.7 Å². The fourth-order valence-corrected chi connectivity index (χ4v) is 4.15. The number of aromatic nitrogens is 4. The predicted molar refractivity (Wildman–Crippen MR) is 104 cm³/mol. The summed E-state index contributed by atoms with van der Waals surface area (Å²) in [7, 11) is 0. The number of carbonyl (C=O) groups is 2. The lowest BCUT2D eigenvalue weighted by molar-refractivity contribution is -0.192. The summed E-state index contributed by atoms with van der Waals surface area (Å²) < 4.78 is 33.8. The highest BCUT2D eigenvalue weighted by atomic mass is 19.4. The number of pyridine rings is 1. The van der Waals surface area contributed by atoms with Crippen LogP contribution in [-0.4, -0.2) is 66.9 Å². The zero-order valence-electron chi connectivity index (χ0n) is 17.1. The van der Waals surface area contributed by atoms with Crippen molar-refractivity contribution in [3.8, 4) is 0 Å². The molecule has 0 aromatic carbocycles. The van der Waals surface area contributed by atoms with Crippen LogP contribution in [0.2, 0.25) is 0 Å². The highest BCUT2D eigenvalue weighted by molar-refractivity contribution is 5.91. The number of amides is 1. The van der Waals surface area contributed by atoms with Crippen LogP contribution in [0.5, 0.6) is 0 Å². The van der Waals surface area contributed by atoms with Gasteiger partial charge in [0.05, 0.1) is 0 Å². The van der Waals surface area contributed by atoms with E-state index in [1.165, 1.54) is 5.56 Å². The van der Waals surface area contributed by atoms with E-state index in [0.717, 1.165) is 51.3 Å². The first-order chi connectivity index (χ1) is 15.2. The van der Waals surface area contributed by atoms with Gasteiger partial charge in [0.25, 0.3) is 5.91 Å². The van der Waals surface area contributed by atoms with E-state index in [9.17, 15) is 18.0 Å². The van der Waals surface area contributed by atoms with Gasteiger partial charge in [-0.2, -0.15) is 13.2 Å². The molecule has 5 rings (SSSR count). The number of alkyl halides is 3. The molecule has 1 saturated heterocycles. The third-order valence-corrected chi connectivity index (χ3v) is 5.83. The lowest BCUT2D eigenvalue weighted by Crippen LogP contribution is -2.33. The van der Waals surface area contributed by atoms with Gasteiger partial charge in [-0.3, -0.25) is 14.7 Å². The van der Waals surface area contributed by atoms with Crippen molar-refractivity contribution in [2.45, 2.75) is 44.6 Å². The molecular formula is C20H23F3N6O3. The second-order valence-electron chi connectivity index (χ2n) is 8.38. The van der Waals surface area contributed by atoms with Crippen molar-refractivity contribution >= 4 is 11.9 Å². The molecule has 2 unspecified atom stereocenters. The second-order valence-corrected chi connectivity index (χ2v) is 8.38. The predicted octanol–water partition coefficient (Wildman–Crippen LogP) is 1.50. The summed E-state index contributed by atoms with van der Waals surface area (Å²) in [6.45, 7) is 3.93. The van der Waals surface area contributed by atoms with Gasteiger partial charge in [0.1, 0.15) is 5.82 Å². The summed E-state index contributed by atoms with van der Waals surface area (Å²) in [5.41, 5.74) is 1.25. The van der Waals surface area contributed by atoms with Crippen LogP contribution in [0.25, 0.3) is 0 Å². The molecule has 9 nitrogen and oxygen atoms in total. The van der Waals surface area contributed by atoms with E-state index in [-0.39, 0.29) is 5.91 Å². The van der Waals surface area contributed by atoms with E-state index in [1.807, 2.05) is 23.0 Å². The summed E-state index contributed by atoms with van der Waals surface area (Å²) in [6.07, 6.45) is 1.75. The van der Waals surface area contributed by atoms with E-state index in [1.54, 1.807) is 0 Å². The molecule has 1 aliphatic carbocycles. The fourth-order valence-electron chi connectivity index (χ4n) is 4.15. The molecule has 1 amide bonds. The van der Waals surface area contributed by atoms with E-state index < -0.39 is 12.1 Å². The van der Waals surface area contributed by atoms with Gasteiger partial charge >= 0.3 is 12.1 Å². The van der Waals surface area contributed by atoms with Crippen LogP contribution in [0.1, 0.15) is 34.8 Å². The van der Waals surface area contributed by atoms with Gasteiger partial charge in [-0.1, -0.05) is 6.07 Å². The Labute approximate surface area is 181 Å². The lowest BCUT2D eigenvalue weighted by Gasteiger charge is -2.25. The molecule has 2 N–H and O–H groups in total. The van der Waals surface area contributed by atoms with Crippen LogP contribution in [0.4, 0.5) is 13.2 Å². The van der Waals surface area contributed by atoms with Crippen LogP contribution in [0.15, 0.2) is 24.5 Å². The number of hydrogen-bond acceptors (Lipinski definition) is 6. The molecule has 32 heavy (non-hydrogen) atoms. The van der Waals surface area contributed by atoms with Gasteiger partial charge in [0.2, 0.25) is 5.82 Å². The minimum atomic E-state index is -5.08. The average Bonchev–Trinajstić information content (AvgIpc) is 3.31. The molecule has 2 aromatic heterocycles. The quantitative estimate of drug-likeness (QED) is 0.723. The number of halogens is 3. The molecule has 3 aliphatic rings. The smallest absolute Gasteiger partial charge is 0.475 e. The average molecular weight is 452 g/mol. The molecule has 2 fully saturated rings. The lowest BCUT2D eigenvalue weighted by atomic mass is 9.89. The van der Waals surface area contributed by atoms with Gasteiger partial charge in [-0.15, -0.1) is 10.2 Å². The number of aliphatic carboxylic acids is 1. The normalized spacial score (nSPS) is 22.3. The van der Waals surface area contributed by atoms with Gasteiger partial charge in [-0.25, -0.2) is 4.79 Å². The first kappa shape index (κ1) is 22.2. The summed E-state index contributed by atoms with van der Waals surface area (Å²) in [4.78, 5) is 28.0. The number of carboxylic acid groups (broad SMARTS) is 1. The largest absolute Gasteiger partial charge is 0.490 e. The summed E-state index contributed by atoms with van der Waals surface area (Å²) in [5.74, 6) is -0.200. The van der Waals surface area contributed by atoms with Crippen molar-refractivity contribution in [1.29, 1.82) is 0 Å². The number of nitrogens with one attached hydrogen (secondary N) is 1. The van der Waals surface area contributed by atoms with E-state index in [0.29, 0.717) is 23.7 Å². The third kappa shape index (κ3) is 5.23. The Balaban J connectivity index is 0.000000307. The first-order valence-corrected chi connectivity index (χ1v) is 10.3. The molecule has 0 bridgehead atoms. The minimum Gasteiger partial charge on any atom is -0.475 e. The maximum absolute atomic E-state index is 12.4. The van der Waals surface area contributed by atoms with Gasteiger partial charge in [0.15, 0.2) is 0 Å². The fraction of sp³-hybridized carbons (Fsp3) is 0.550. The summed E-state index contributed by atoms with van der Waals surface area (Å²) >= 11 is 0. The van der Waals surface area contributed by atoms with E-state index in [2.05, 4.69) is 31.5 Å². The van der Waals surface area contributed by atoms with Crippen LogP contribution >= 0.6 is 0 Å². The number of hydrogen-bond donors (Lipinski definition) is 2. The zero-order valence-corrected chi connectivity index (χ0v) is 17.1. The molecule has 4 heterocycles. The molecule has 2 aliphatic heterocycles. The third-order valence-electron chi connectivity index (χ3n) is 5.83. The number of carboxylic acids is 1. The van der Waals surface area contributed by atoms with Crippen LogP contribution in [0.3, 0.4) is 0 Å². The second kappa shape index (κ2) is 8.85. The van der Waals surface area contributed by atoms with Crippen LogP contribution < -0.4 is 5.32 Å². The Morgan fingerprint density at radius 3 is 2.50 bits per heavy atom. The number of rotatable bonds is 4. The summed E-state index contributed by atoms with van der Waals surface area (Å²) in [5, 5.41) is 18.6. The SMILES string of the molecule is O=C(NC1CC1)c1nnc2n1CC1CN(Cc3cccnc3)CC1C2.O=C(O)C(F)(F)F. The van der Waals surface area contributed by atoms with Gasteiger partial charge in [0, 0.05) is 51.0 Å². The first-order valence-electron chi connectivity index (χ1n) is 10.3. The maximum atomic E-state index is 12.4. The molecule has 172 valence electrons. The monoisotopic (exact) mass is 452 g/mol. The number of fused-ring (bicyclic) bond motifs is 2. The molecular weight excluding hydrogens is 429 g/mol. The molecule has 2 aromatic rings. The molecule has 1 saturated carbocycles. The molecule has 0 radical (unpaired) electrons. The van der Waals surface area contributed by atoms with Crippen molar-refractivity contribution in [2.75, 3.05) is 13.1 Å². The van der Waals surface area contributed by atoms with Crippen LogP contribution in [-0.2, 0) is 24.3 Å². The Hall–Kier alpha value is -3.02. The zero-order chi connectivity index (χ0) is 22.9. The number of nitrogens with zero attached hydrogens (tertiary/aromatic N) is 5. The van der Waals surface area contributed by atoms with Crippen molar-refractivity contribution in [2.24, 2.45) is 11.8 Å². The maximum Gasteiger partial charge on any atom is 0.490 e. The van der Waals surface area contributed by atoms with E-state index >= 15 is 0 Å². The Bertz CT molecular complexity index is 977. The van der Waals surface area contributed by atoms with Gasteiger partial charge in [-0.05, 0) is 36.3 Å². The minimum absolute atomic E-state index is 0.0649. The molecule has 0 spiro atoms. The van der Waals surface area contributed by atoms with Crippen LogP contribution in [0, 0.1) is 11.8 Å². The van der Waals surface area contributed by atoms with Gasteiger partial charge < -0.3 is 15.0 Å².